The predicted molar refractivity (Wildman–Crippen MR) is 142 cm³/mol. The van der Waals surface area contributed by atoms with E-state index in [2.05, 4.69) is 9.97 Å². The number of nitrogens with zero attached hydrogens (tertiary/aromatic N) is 3. The van der Waals surface area contributed by atoms with E-state index < -0.39 is 17.3 Å². The summed E-state index contributed by atoms with van der Waals surface area (Å²) in [5.74, 6) is 0.0596. The average molecular weight is 551 g/mol. The molecular weight excluding hydrogens is 525 g/mol. The van der Waals surface area contributed by atoms with E-state index in [-0.39, 0.29) is 71.2 Å². The highest BCUT2D eigenvalue weighted by Gasteiger charge is 2.40. The summed E-state index contributed by atoms with van der Waals surface area (Å²) < 4.78 is 47.4. The first-order valence-corrected chi connectivity index (χ1v) is 12.4. The molecule has 1 saturated heterocycles. The van der Waals surface area contributed by atoms with Gasteiger partial charge in [-0.05, 0) is 67.1 Å². The summed E-state index contributed by atoms with van der Waals surface area (Å²) in [4.78, 5) is 34.5. The number of alkyl halides is 3. The Balaban J connectivity index is 1.34. The van der Waals surface area contributed by atoms with Crippen LogP contribution in [0.5, 0.6) is 0 Å². The van der Waals surface area contributed by atoms with Gasteiger partial charge in [0.25, 0.3) is 5.91 Å². The normalized spacial score (nSPS) is 15.0. The third-order valence-electron chi connectivity index (χ3n) is 6.52. The summed E-state index contributed by atoms with van der Waals surface area (Å²) in [6.45, 7) is 2.03. The van der Waals surface area contributed by atoms with Crippen LogP contribution in [0.1, 0.15) is 40.6 Å². The van der Waals surface area contributed by atoms with Crippen molar-refractivity contribution in [2.24, 2.45) is 0 Å². The Morgan fingerprint density at radius 2 is 1.90 bits per heavy atom. The number of carbonyl (C=O) groups excluding carboxylic acids is 2. The quantitative estimate of drug-likeness (QED) is 0.314. The number of halogens is 3. The molecule has 0 bridgehead atoms. The fourth-order valence-corrected chi connectivity index (χ4v) is 4.52. The number of furan rings is 1. The third kappa shape index (κ3) is 5.89. The fourth-order valence-electron chi connectivity index (χ4n) is 4.52. The molecule has 5 rings (SSSR count). The fraction of sp³-hybridized carbons (Fsp3) is 0.241. The van der Waals surface area contributed by atoms with Gasteiger partial charge >= 0.3 is 6.18 Å². The lowest BCUT2D eigenvalue weighted by atomic mass is 9.96. The molecule has 1 aromatic carbocycles. The standard InChI is InChI=1S/C29H25F3N4O4/c1-28(39)15-36(16-28)27(38)18-4-8-24(34-14-18)19-10-20-11-22(40-26(20)23(12-19)29(30,31)32)7-6-21(37)5-2-17-3-9-25(33)35-13-17/h2-5,8-14,39H,6-7,15-16H2,1H3,(H2,33,35)/b5-2+. The average Bonchev–Trinajstić information content (AvgIpc) is 3.31. The van der Waals surface area contributed by atoms with Crippen molar-refractivity contribution in [1.29, 1.82) is 0 Å². The molecule has 40 heavy (non-hydrogen) atoms. The van der Waals surface area contributed by atoms with Gasteiger partial charge in [0.05, 0.1) is 35.5 Å². The molecule has 1 aliphatic rings. The van der Waals surface area contributed by atoms with Crippen LogP contribution < -0.4 is 5.73 Å². The lowest BCUT2D eigenvalue weighted by Crippen LogP contribution is -2.61. The van der Waals surface area contributed by atoms with Crippen molar-refractivity contribution in [3.8, 4) is 11.3 Å². The number of fused-ring (bicyclic) bond motifs is 1. The van der Waals surface area contributed by atoms with Gasteiger partial charge in [-0.1, -0.05) is 0 Å². The van der Waals surface area contributed by atoms with E-state index in [1.807, 2.05) is 0 Å². The van der Waals surface area contributed by atoms with Gasteiger partial charge < -0.3 is 20.2 Å². The van der Waals surface area contributed by atoms with Gasteiger partial charge in [0.1, 0.15) is 17.2 Å². The Kier molecular flexibility index (Phi) is 6.92. The molecule has 0 spiro atoms. The van der Waals surface area contributed by atoms with E-state index in [1.165, 1.54) is 47.6 Å². The highest BCUT2D eigenvalue weighted by molar-refractivity contribution is 5.95. The van der Waals surface area contributed by atoms with Crippen LogP contribution in [0.4, 0.5) is 19.0 Å². The number of allylic oxidation sites excluding steroid dienone is 1. The number of anilines is 1. The number of nitrogen functional groups attached to an aromatic ring is 1. The predicted octanol–water partition coefficient (Wildman–Crippen LogP) is 4.91. The van der Waals surface area contributed by atoms with E-state index in [4.69, 9.17) is 10.2 Å². The van der Waals surface area contributed by atoms with Gasteiger partial charge in [0.2, 0.25) is 0 Å². The zero-order valence-electron chi connectivity index (χ0n) is 21.4. The first-order valence-electron chi connectivity index (χ1n) is 12.4. The smallest absolute Gasteiger partial charge is 0.420 e. The zero-order valence-corrected chi connectivity index (χ0v) is 21.4. The summed E-state index contributed by atoms with van der Waals surface area (Å²) >= 11 is 0. The van der Waals surface area contributed by atoms with Gasteiger partial charge in [-0.25, -0.2) is 4.98 Å². The number of carbonyl (C=O) groups is 2. The number of ketones is 1. The first-order chi connectivity index (χ1) is 18.9. The Morgan fingerprint density at radius 1 is 1.12 bits per heavy atom. The number of aromatic nitrogens is 2. The SMILES string of the molecule is CC1(O)CN(C(=O)c2ccc(-c3cc(C(F)(F)F)c4oc(CCC(=O)/C=C/c5ccc(N)nc5)cc4c3)nc2)C1. The van der Waals surface area contributed by atoms with E-state index in [0.717, 1.165) is 6.07 Å². The minimum Gasteiger partial charge on any atom is -0.460 e. The lowest BCUT2D eigenvalue weighted by molar-refractivity contribution is -0.136. The summed E-state index contributed by atoms with van der Waals surface area (Å²) in [6.07, 6.45) is 1.24. The molecule has 0 saturated carbocycles. The number of benzene rings is 1. The summed E-state index contributed by atoms with van der Waals surface area (Å²) in [5.41, 5.74) is 4.75. The minimum absolute atomic E-state index is 0.0381. The molecule has 206 valence electrons. The molecule has 4 heterocycles. The number of nitrogens with two attached hydrogens (primary N) is 1. The Bertz CT molecular complexity index is 1600. The second-order valence-corrected chi connectivity index (χ2v) is 10.1. The number of hydrogen-bond donors (Lipinski definition) is 2. The first kappa shape index (κ1) is 27.1. The maximum Gasteiger partial charge on any atom is 0.420 e. The number of hydrogen-bond acceptors (Lipinski definition) is 7. The molecule has 0 radical (unpaired) electrons. The zero-order chi connectivity index (χ0) is 28.7. The number of likely N-dealkylation sites (tertiary alicyclic amines) is 1. The van der Waals surface area contributed by atoms with E-state index in [9.17, 15) is 27.9 Å². The third-order valence-corrected chi connectivity index (χ3v) is 6.52. The van der Waals surface area contributed by atoms with Gasteiger partial charge in [-0.3, -0.25) is 14.6 Å². The van der Waals surface area contributed by atoms with E-state index >= 15 is 0 Å². The van der Waals surface area contributed by atoms with Gasteiger partial charge in [-0.2, -0.15) is 13.2 Å². The number of aliphatic hydroxyl groups is 1. The van der Waals surface area contributed by atoms with E-state index in [1.54, 1.807) is 25.1 Å². The van der Waals surface area contributed by atoms with Crippen LogP contribution in [0.3, 0.4) is 0 Å². The second kappa shape index (κ2) is 10.2. The molecule has 0 atom stereocenters. The number of β-amino-alcohol motifs (C(OH)–C–C–N with tert-alkyl or cyclic N) is 1. The maximum atomic E-state index is 14.0. The number of rotatable bonds is 7. The van der Waals surface area contributed by atoms with Crippen molar-refractivity contribution >= 4 is 34.6 Å². The topological polar surface area (TPSA) is 123 Å². The summed E-state index contributed by atoms with van der Waals surface area (Å²) in [7, 11) is 0. The molecule has 8 nitrogen and oxygen atoms in total. The minimum atomic E-state index is -4.70. The van der Waals surface area contributed by atoms with Crippen LogP contribution in [-0.4, -0.2) is 50.4 Å². The Labute approximate surface area is 226 Å². The van der Waals surface area contributed by atoms with Crippen molar-refractivity contribution in [2.75, 3.05) is 18.8 Å². The molecule has 0 unspecified atom stereocenters. The number of amides is 1. The van der Waals surface area contributed by atoms with Crippen LogP contribution >= 0.6 is 0 Å². The summed E-state index contributed by atoms with van der Waals surface area (Å²) in [6, 6.07) is 10.3. The van der Waals surface area contributed by atoms with Crippen molar-refractivity contribution in [3.63, 3.8) is 0 Å². The number of aryl methyl sites for hydroxylation is 1. The van der Waals surface area contributed by atoms with Crippen molar-refractivity contribution < 1.29 is 32.3 Å². The van der Waals surface area contributed by atoms with Crippen molar-refractivity contribution in [2.45, 2.75) is 31.5 Å². The van der Waals surface area contributed by atoms with Crippen LogP contribution in [0, 0.1) is 0 Å². The monoisotopic (exact) mass is 550 g/mol. The van der Waals surface area contributed by atoms with Crippen molar-refractivity contribution in [1.82, 2.24) is 14.9 Å². The molecule has 3 aromatic heterocycles. The molecule has 1 aliphatic heterocycles. The van der Waals surface area contributed by atoms with Crippen LogP contribution in [0.2, 0.25) is 0 Å². The van der Waals surface area contributed by atoms with Crippen molar-refractivity contribution in [3.05, 3.63) is 83.4 Å². The van der Waals surface area contributed by atoms with Gasteiger partial charge in [0.15, 0.2) is 5.78 Å². The molecule has 11 heteroatoms. The molecule has 1 fully saturated rings. The summed E-state index contributed by atoms with van der Waals surface area (Å²) in [5, 5.41) is 10.1. The lowest BCUT2D eigenvalue weighted by Gasteiger charge is -2.44. The van der Waals surface area contributed by atoms with Crippen LogP contribution in [0.25, 0.3) is 28.3 Å². The molecule has 4 aromatic rings. The number of pyridine rings is 2. The van der Waals surface area contributed by atoms with Gasteiger partial charge in [-0.15, -0.1) is 0 Å². The molecular formula is C29H25F3N4O4. The largest absolute Gasteiger partial charge is 0.460 e. The highest BCUT2D eigenvalue weighted by atomic mass is 19.4. The maximum absolute atomic E-state index is 14.0. The van der Waals surface area contributed by atoms with Crippen LogP contribution in [0.15, 0.2) is 65.4 Å². The van der Waals surface area contributed by atoms with Gasteiger partial charge in [0, 0.05) is 36.2 Å². The molecule has 0 aliphatic carbocycles. The Morgan fingerprint density at radius 3 is 2.52 bits per heavy atom. The van der Waals surface area contributed by atoms with E-state index in [0.29, 0.717) is 11.4 Å². The molecule has 3 N–H and O–H groups in total. The molecule has 1 amide bonds. The van der Waals surface area contributed by atoms with Crippen LogP contribution in [-0.2, 0) is 17.4 Å². The Hall–Kier alpha value is -4.51. The second-order valence-electron chi connectivity index (χ2n) is 10.1. The highest BCUT2D eigenvalue weighted by Crippen LogP contribution is 2.39.